The van der Waals surface area contributed by atoms with E-state index in [2.05, 4.69) is 27.4 Å². The Balaban J connectivity index is 1.63. The topological polar surface area (TPSA) is 98.1 Å². The van der Waals surface area contributed by atoms with E-state index in [-0.39, 0.29) is 17.2 Å². The second kappa shape index (κ2) is 12.0. The van der Waals surface area contributed by atoms with Crippen molar-refractivity contribution in [2.24, 2.45) is 0 Å². The van der Waals surface area contributed by atoms with Gasteiger partial charge in [-0.05, 0) is 50.2 Å². The fraction of sp³-hybridized carbons (Fsp3) is 0.250. The number of halogens is 1. The van der Waals surface area contributed by atoms with Crippen molar-refractivity contribution < 1.29 is 18.7 Å². The molecule has 178 valence electrons. The summed E-state index contributed by atoms with van der Waals surface area (Å²) in [6, 6.07) is 12.3. The van der Waals surface area contributed by atoms with Crippen LogP contribution in [0.15, 0.2) is 66.3 Å². The lowest BCUT2D eigenvalue weighted by atomic mass is 10.2. The van der Waals surface area contributed by atoms with Crippen LogP contribution in [0.3, 0.4) is 0 Å². The van der Waals surface area contributed by atoms with Gasteiger partial charge in [-0.15, -0.1) is 16.8 Å². The lowest BCUT2D eigenvalue weighted by molar-refractivity contribution is -0.113. The van der Waals surface area contributed by atoms with Crippen LogP contribution in [0.25, 0.3) is 0 Å². The van der Waals surface area contributed by atoms with Crippen LogP contribution in [0.5, 0.6) is 5.75 Å². The fourth-order valence-electron chi connectivity index (χ4n) is 3.14. The fourth-order valence-corrected chi connectivity index (χ4v) is 3.90. The Morgan fingerprint density at radius 3 is 2.62 bits per heavy atom. The van der Waals surface area contributed by atoms with Crippen LogP contribution < -0.4 is 15.4 Å². The molecule has 0 saturated carbocycles. The minimum Gasteiger partial charge on any atom is -0.494 e. The van der Waals surface area contributed by atoms with Gasteiger partial charge in [-0.3, -0.25) is 9.59 Å². The number of allylic oxidation sites excluding steroid dienone is 1. The maximum absolute atomic E-state index is 13.9. The number of aromatic nitrogens is 3. The van der Waals surface area contributed by atoms with Gasteiger partial charge in [0.05, 0.1) is 24.0 Å². The highest BCUT2D eigenvalue weighted by Gasteiger charge is 2.21. The minimum atomic E-state index is -0.602. The number of rotatable bonds is 11. The molecule has 1 unspecified atom stereocenters. The van der Waals surface area contributed by atoms with Crippen LogP contribution in [-0.4, -0.2) is 38.9 Å². The molecule has 0 aliphatic rings. The van der Waals surface area contributed by atoms with E-state index in [1.165, 1.54) is 30.0 Å². The van der Waals surface area contributed by atoms with Crippen molar-refractivity contribution in [3.05, 3.63) is 78.4 Å². The summed E-state index contributed by atoms with van der Waals surface area (Å²) in [7, 11) is 0. The Labute approximate surface area is 201 Å². The number of nitrogens with zero attached hydrogens (tertiary/aromatic N) is 3. The van der Waals surface area contributed by atoms with Gasteiger partial charge in [0.2, 0.25) is 5.91 Å². The number of hydrogen-bond acceptors (Lipinski definition) is 6. The molecule has 1 atom stereocenters. The van der Waals surface area contributed by atoms with Gasteiger partial charge in [0, 0.05) is 12.2 Å². The molecule has 2 aromatic carbocycles. The third-order valence-corrected chi connectivity index (χ3v) is 5.66. The normalized spacial score (nSPS) is 11.5. The van der Waals surface area contributed by atoms with E-state index < -0.39 is 17.8 Å². The lowest BCUT2D eigenvalue weighted by Crippen LogP contribution is -2.29. The highest BCUT2D eigenvalue weighted by atomic mass is 32.2. The van der Waals surface area contributed by atoms with Crippen molar-refractivity contribution in [2.75, 3.05) is 17.7 Å². The van der Waals surface area contributed by atoms with Gasteiger partial charge in [0.1, 0.15) is 11.6 Å². The van der Waals surface area contributed by atoms with Crippen LogP contribution in [0.1, 0.15) is 36.1 Å². The van der Waals surface area contributed by atoms with Crippen LogP contribution in [0.4, 0.5) is 10.1 Å². The Kier molecular flexibility index (Phi) is 8.80. The number of anilines is 1. The van der Waals surface area contributed by atoms with Gasteiger partial charge in [-0.2, -0.15) is 0 Å². The molecule has 2 N–H and O–H groups in total. The summed E-state index contributed by atoms with van der Waals surface area (Å²) < 4.78 is 21.1. The van der Waals surface area contributed by atoms with E-state index in [1.807, 2.05) is 6.92 Å². The predicted molar refractivity (Wildman–Crippen MR) is 129 cm³/mol. The molecule has 2 amide bonds. The SMILES string of the molecule is C=CCn1c(SCC(=O)Nc2ccc(OCC)cc2)nnc1C(C)NC(=O)c1ccccc1F. The smallest absolute Gasteiger partial charge is 0.254 e. The maximum Gasteiger partial charge on any atom is 0.254 e. The minimum absolute atomic E-state index is 0.0512. The summed E-state index contributed by atoms with van der Waals surface area (Å²) in [5.41, 5.74) is 0.608. The molecule has 10 heteroatoms. The van der Waals surface area contributed by atoms with E-state index in [4.69, 9.17) is 4.74 Å². The average molecular weight is 484 g/mol. The number of nitrogens with one attached hydrogen (secondary N) is 2. The number of ether oxygens (including phenoxy) is 1. The maximum atomic E-state index is 13.9. The first-order chi connectivity index (χ1) is 16.4. The number of benzene rings is 2. The molecule has 0 radical (unpaired) electrons. The third-order valence-electron chi connectivity index (χ3n) is 4.69. The molecule has 0 spiro atoms. The van der Waals surface area contributed by atoms with Crippen molar-refractivity contribution in [1.82, 2.24) is 20.1 Å². The Bertz CT molecular complexity index is 1150. The molecular formula is C24H26FN5O3S. The number of amides is 2. The molecule has 1 aromatic heterocycles. The molecular weight excluding hydrogens is 457 g/mol. The van der Waals surface area contributed by atoms with Crippen LogP contribution in [0.2, 0.25) is 0 Å². The number of hydrogen-bond donors (Lipinski definition) is 2. The zero-order valence-electron chi connectivity index (χ0n) is 19.0. The molecule has 3 aromatic rings. The molecule has 0 bridgehead atoms. The van der Waals surface area contributed by atoms with Crippen molar-refractivity contribution in [2.45, 2.75) is 31.6 Å². The second-order valence-electron chi connectivity index (χ2n) is 7.21. The summed E-state index contributed by atoms with van der Waals surface area (Å²) in [6.45, 7) is 8.34. The molecule has 0 aliphatic carbocycles. The summed E-state index contributed by atoms with van der Waals surface area (Å²) >= 11 is 1.21. The Morgan fingerprint density at radius 1 is 1.21 bits per heavy atom. The second-order valence-corrected chi connectivity index (χ2v) is 8.15. The van der Waals surface area contributed by atoms with Crippen LogP contribution in [0, 0.1) is 5.82 Å². The van der Waals surface area contributed by atoms with Gasteiger partial charge < -0.3 is 19.9 Å². The van der Waals surface area contributed by atoms with E-state index in [0.29, 0.717) is 29.8 Å². The quantitative estimate of drug-likeness (QED) is 0.313. The van der Waals surface area contributed by atoms with Gasteiger partial charge in [-0.1, -0.05) is 30.0 Å². The summed E-state index contributed by atoms with van der Waals surface area (Å²) in [6.07, 6.45) is 1.67. The molecule has 0 fully saturated rings. The number of carbonyl (C=O) groups is 2. The molecule has 8 nitrogen and oxygen atoms in total. The van der Waals surface area contributed by atoms with E-state index in [0.717, 1.165) is 5.75 Å². The standard InChI is InChI=1S/C24H26FN5O3S/c1-4-14-30-22(16(3)26-23(32)19-8-6-7-9-20(19)25)28-29-24(30)34-15-21(31)27-17-10-12-18(13-11-17)33-5-2/h4,6-13,16H,1,5,14-15H2,2-3H3,(H,26,32)(H,27,31). The zero-order valence-corrected chi connectivity index (χ0v) is 19.8. The van der Waals surface area contributed by atoms with Crippen molar-refractivity contribution in [1.29, 1.82) is 0 Å². The predicted octanol–water partition coefficient (Wildman–Crippen LogP) is 4.22. The molecule has 3 rings (SSSR count). The van der Waals surface area contributed by atoms with Gasteiger partial charge in [-0.25, -0.2) is 4.39 Å². The first-order valence-corrected chi connectivity index (χ1v) is 11.7. The van der Waals surface area contributed by atoms with E-state index >= 15 is 0 Å². The summed E-state index contributed by atoms with van der Waals surface area (Å²) in [4.78, 5) is 24.9. The van der Waals surface area contributed by atoms with Crippen molar-refractivity contribution in [3.8, 4) is 5.75 Å². The third kappa shape index (κ3) is 6.44. The Hall–Kier alpha value is -3.66. The number of thioether (sulfide) groups is 1. The summed E-state index contributed by atoms with van der Waals surface area (Å²) in [5.74, 6) is -0.0458. The highest BCUT2D eigenvalue weighted by molar-refractivity contribution is 7.99. The molecule has 0 saturated heterocycles. The van der Waals surface area contributed by atoms with Crippen molar-refractivity contribution in [3.63, 3.8) is 0 Å². The zero-order chi connectivity index (χ0) is 24.5. The van der Waals surface area contributed by atoms with Gasteiger partial charge in [0.15, 0.2) is 11.0 Å². The Morgan fingerprint density at radius 2 is 1.94 bits per heavy atom. The summed E-state index contributed by atoms with van der Waals surface area (Å²) in [5, 5.41) is 14.4. The highest BCUT2D eigenvalue weighted by Crippen LogP contribution is 2.22. The number of carbonyl (C=O) groups excluding carboxylic acids is 2. The largest absolute Gasteiger partial charge is 0.494 e. The first-order valence-electron chi connectivity index (χ1n) is 10.7. The van der Waals surface area contributed by atoms with Crippen molar-refractivity contribution >= 4 is 29.3 Å². The first kappa shape index (κ1) is 25.0. The molecule has 34 heavy (non-hydrogen) atoms. The molecule has 0 aliphatic heterocycles. The van der Waals surface area contributed by atoms with E-state index in [1.54, 1.807) is 47.9 Å². The monoisotopic (exact) mass is 483 g/mol. The lowest BCUT2D eigenvalue weighted by Gasteiger charge is -2.15. The average Bonchev–Trinajstić information content (AvgIpc) is 3.22. The van der Waals surface area contributed by atoms with Crippen LogP contribution >= 0.6 is 11.8 Å². The van der Waals surface area contributed by atoms with Gasteiger partial charge >= 0.3 is 0 Å². The van der Waals surface area contributed by atoms with Crippen LogP contribution in [-0.2, 0) is 11.3 Å². The van der Waals surface area contributed by atoms with Gasteiger partial charge in [0.25, 0.3) is 5.91 Å². The molecule has 1 heterocycles. The van der Waals surface area contributed by atoms with E-state index in [9.17, 15) is 14.0 Å².